The van der Waals surface area contributed by atoms with Crippen molar-refractivity contribution in [3.8, 4) is 0 Å². The predicted octanol–water partition coefficient (Wildman–Crippen LogP) is 5.22. The van der Waals surface area contributed by atoms with Crippen LogP contribution in [0.1, 0.15) is 62.3 Å². The third-order valence-corrected chi connectivity index (χ3v) is 9.85. The van der Waals surface area contributed by atoms with Crippen LogP contribution in [0, 0.1) is 0 Å². The fourth-order valence-corrected chi connectivity index (χ4v) is 7.51. The largest absolute Gasteiger partial charge is 0.481 e. The highest BCUT2D eigenvalue weighted by Gasteiger charge is 2.48. The van der Waals surface area contributed by atoms with Crippen molar-refractivity contribution >= 4 is 44.9 Å². The summed E-state index contributed by atoms with van der Waals surface area (Å²) in [7, 11) is -3.44. The number of carboxylic acid groups (broad SMARTS) is 1. The number of sulfone groups is 1. The zero-order valence-electron chi connectivity index (χ0n) is 19.8. The molecular formula is C26H29Cl2NO6S. The van der Waals surface area contributed by atoms with Crippen molar-refractivity contribution in [2.45, 2.75) is 68.6 Å². The molecule has 1 saturated heterocycles. The molecule has 1 amide bonds. The van der Waals surface area contributed by atoms with Gasteiger partial charge < -0.3 is 14.7 Å². The first kappa shape index (κ1) is 26.9. The molecule has 0 aromatic heterocycles. The molecule has 0 spiro atoms. The summed E-state index contributed by atoms with van der Waals surface area (Å²) in [5, 5.41) is 10.1. The molecule has 1 N–H and O–H groups in total. The zero-order chi connectivity index (χ0) is 26.0. The molecule has 0 unspecified atom stereocenters. The Labute approximate surface area is 221 Å². The SMILES string of the molecule is CC[C@@H](CS(=O)(=O)C1CCC1)N1C(=O)[C@@H](CC(=O)O)O[C@H](c2cccc(Cl)c2)[C@H]1c1ccc(Cl)cc1. The van der Waals surface area contributed by atoms with E-state index in [-0.39, 0.29) is 5.75 Å². The van der Waals surface area contributed by atoms with E-state index in [2.05, 4.69) is 0 Å². The van der Waals surface area contributed by atoms with E-state index in [4.69, 9.17) is 27.9 Å². The quantitative estimate of drug-likeness (QED) is 0.456. The maximum atomic E-state index is 13.8. The summed E-state index contributed by atoms with van der Waals surface area (Å²) in [6.07, 6.45) is -0.0629. The van der Waals surface area contributed by atoms with Gasteiger partial charge in [0.05, 0.1) is 23.5 Å². The Kier molecular flexibility index (Phi) is 8.29. The third kappa shape index (κ3) is 5.72. The van der Waals surface area contributed by atoms with E-state index in [1.165, 1.54) is 0 Å². The number of hydrogen-bond donors (Lipinski definition) is 1. The predicted molar refractivity (Wildman–Crippen MR) is 138 cm³/mol. The molecule has 1 aliphatic heterocycles. The third-order valence-electron chi connectivity index (χ3n) is 7.03. The average Bonchev–Trinajstić information content (AvgIpc) is 2.77. The number of nitrogens with zero attached hydrogens (tertiary/aromatic N) is 1. The summed E-state index contributed by atoms with van der Waals surface area (Å²) in [5.41, 5.74) is 1.36. The molecule has 194 valence electrons. The topological polar surface area (TPSA) is 101 Å². The van der Waals surface area contributed by atoms with Crippen LogP contribution in [-0.4, -0.2) is 53.4 Å². The summed E-state index contributed by atoms with van der Waals surface area (Å²) in [5.74, 6) is -1.91. The van der Waals surface area contributed by atoms with E-state index < -0.39 is 57.7 Å². The van der Waals surface area contributed by atoms with Gasteiger partial charge in [-0.15, -0.1) is 0 Å². The number of carboxylic acids is 1. The van der Waals surface area contributed by atoms with Gasteiger partial charge in [0.25, 0.3) is 5.91 Å². The minimum Gasteiger partial charge on any atom is -0.481 e. The van der Waals surface area contributed by atoms with Gasteiger partial charge in [-0.25, -0.2) is 8.42 Å². The van der Waals surface area contributed by atoms with Crippen LogP contribution in [0.2, 0.25) is 10.0 Å². The molecule has 4 rings (SSSR count). The molecule has 1 aliphatic carbocycles. The maximum absolute atomic E-state index is 13.8. The van der Waals surface area contributed by atoms with E-state index in [9.17, 15) is 23.1 Å². The lowest BCUT2D eigenvalue weighted by molar-refractivity contribution is -0.182. The summed E-state index contributed by atoms with van der Waals surface area (Å²) in [6.45, 7) is 1.84. The monoisotopic (exact) mass is 553 g/mol. The Morgan fingerprint density at radius 2 is 1.81 bits per heavy atom. The first-order chi connectivity index (χ1) is 17.1. The number of rotatable bonds is 9. The Morgan fingerprint density at radius 3 is 2.36 bits per heavy atom. The lowest BCUT2D eigenvalue weighted by Gasteiger charge is -2.48. The van der Waals surface area contributed by atoms with Crippen molar-refractivity contribution in [2.24, 2.45) is 0 Å². The molecule has 7 nitrogen and oxygen atoms in total. The molecule has 2 aromatic carbocycles. The van der Waals surface area contributed by atoms with Crippen molar-refractivity contribution < 1.29 is 27.9 Å². The van der Waals surface area contributed by atoms with Gasteiger partial charge >= 0.3 is 5.97 Å². The number of morpholine rings is 1. The van der Waals surface area contributed by atoms with E-state index >= 15 is 0 Å². The minimum absolute atomic E-state index is 0.188. The first-order valence-electron chi connectivity index (χ1n) is 12.0. The molecule has 0 radical (unpaired) electrons. The van der Waals surface area contributed by atoms with Gasteiger partial charge in [0.1, 0.15) is 12.2 Å². The second-order valence-corrected chi connectivity index (χ2v) is 12.6. The zero-order valence-corrected chi connectivity index (χ0v) is 22.2. The van der Waals surface area contributed by atoms with Crippen molar-refractivity contribution in [2.75, 3.05) is 5.75 Å². The maximum Gasteiger partial charge on any atom is 0.306 e. The molecule has 36 heavy (non-hydrogen) atoms. The number of carbonyl (C=O) groups is 2. The smallest absolute Gasteiger partial charge is 0.306 e. The van der Waals surface area contributed by atoms with Crippen LogP contribution in [0.25, 0.3) is 0 Å². The summed E-state index contributed by atoms with van der Waals surface area (Å²) in [6, 6.07) is 12.6. The van der Waals surface area contributed by atoms with Crippen LogP contribution < -0.4 is 0 Å². The number of benzene rings is 2. The van der Waals surface area contributed by atoms with Gasteiger partial charge in [-0.05, 0) is 54.7 Å². The molecule has 0 bridgehead atoms. The van der Waals surface area contributed by atoms with E-state index in [0.717, 1.165) is 6.42 Å². The van der Waals surface area contributed by atoms with Gasteiger partial charge in [0.15, 0.2) is 9.84 Å². The Balaban J connectivity index is 1.83. The number of halogens is 2. The van der Waals surface area contributed by atoms with E-state index in [1.54, 1.807) is 53.4 Å². The fraction of sp³-hybridized carbons (Fsp3) is 0.462. The second-order valence-electron chi connectivity index (χ2n) is 9.38. The molecule has 1 saturated carbocycles. The number of ether oxygens (including phenoxy) is 1. The molecule has 4 atom stereocenters. The molecule has 1 heterocycles. The number of aliphatic carboxylic acids is 1. The first-order valence-corrected chi connectivity index (χ1v) is 14.5. The van der Waals surface area contributed by atoms with Crippen molar-refractivity contribution in [3.63, 3.8) is 0 Å². The van der Waals surface area contributed by atoms with Gasteiger partial charge in [0.2, 0.25) is 0 Å². The molecule has 2 fully saturated rings. The van der Waals surface area contributed by atoms with Crippen molar-refractivity contribution in [1.82, 2.24) is 4.90 Å². The molecule has 10 heteroatoms. The van der Waals surface area contributed by atoms with Crippen LogP contribution in [0.4, 0.5) is 0 Å². The number of carbonyl (C=O) groups excluding carboxylic acids is 1. The van der Waals surface area contributed by atoms with Crippen LogP contribution in [0.15, 0.2) is 48.5 Å². The Bertz CT molecular complexity index is 1220. The Morgan fingerprint density at radius 1 is 1.11 bits per heavy atom. The molecule has 2 aromatic rings. The van der Waals surface area contributed by atoms with Gasteiger partial charge in [-0.1, -0.05) is 60.8 Å². The van der Waals surface area contributed by atoms with E-state index in [1.807, 2.05) is 6.92 Å². The van der Waals surface area contributed by atoms with Gasteiger partial charge in [-0.3, -0.25) is 9.59 Å². The van der Waals surface area contributed by atoms with E-state index in [0.29, 0.717) is 40.4 Å². The highest BCUT2D eigenvalue weighted by atomic mass is 35.5. The van der Waals surface area contributed by atoms with Gasteiger partial charge in [0, 0.05) is 16.1 Å². The van der Waals surface area contributed by atoms with Crippen LogP contribution in [0.5, 0.6) is 0 Å². The van der Waals surface area contributed by atoms with Crippen molar-refractivity contribution in [3.05, 3.63) is 69.7 Å². The van der Waals surface area contributed by atoms with Crippen LogP contribution in [-0.2, 0) is 24.2 Å². The van der Waals surface area contributed by atoms with Crippen LogP contribution in [0.3, 0.4) is 0 Å². The minimum atomic E-state index is -3.44. The fourth-order valence-electron chi connectivity index (χ4n) is 4.93. The highest BCUT2D eigenvalue weighted by molar-refractivity contribution is 7.92. The lowest BCUT2D eigenvalue weighted by Crippen LogP contribution is -2.57. The number of amides is 1. The van der Waals surface area contributed by atoms with Crippen LogP contribution >= 0.6 is 23.2 Å². The number of hydrogen-bond acceptors (Lipinski definition) is 5. The normalized spacial score (nSPS) is 23.8. The summed E-state index contributed by atoms with van der Waals surface area (Å²) >= 11 is 12.4. The Hall–Kier alpha value is -2.13. The molecule has 2 aliphatic rings. The summed E-state index contributed by atoms with van der Waals surface area (Å²) in [4.78, 5) is 27.0. The lowest BCUT2D eigenvalue weighted by atomic mass is 9.89. The van der Waals surface area contributed by atoms with Gasteiger partial charge in [-0.2, -0.15) is 0 Å². The highest BCUT2D eigenvalue weighted by Crippen LogP contribution is 2.45. The average molecular weight is 554 g/mol. The second kappa shape index (κ2) is 11.1. The molecular weight excluding hydrogens is 525 g/mol. The summed E-state index contributed by atoms with van der Waals surface area (Å²) < 4.78 is 32.5. The van der Waals surface area contributed by atoms with Crippen molar-refractivity contribution in [1.29, 1.82) is 0 Å². The standard InChI is InChI=1S/C26H29Cl2NO6S/c1-2-20(15-36(33,34)21-7-4-8-21)29-24(16-9-11-18(27)12-10-16)25(17-5-3-6-19(28)13-17)35-22(26(29)32)14-23(30)31/h3,5-6,9-13,20-22,24-25H,2,4,7-8,14-15H2,1H3,(H,30,31)/t20-,22+,24+,25+/m0/s1.